The second-order valence-electron chi connectivity index (χ2n) is 9.55. The Bertz CT molecular complexity index is 1570. The van der Waals surface area contributed by atoms with E-state index in [0.29, 0.717) is 11.3 Å². The minimum atomic E-state index is -1.02. The number of carbonyl (C=O) groups excluding carboxylic acids is 3. The summed E-state index contributed by atoms with van der Waals surface area (Å²) in [4.78, 5) is 55.9. The molecular weight excluding hydrogens is 502 g/mol. The molecule has 3 aliphatic heterocycles. The van der Waals surface area contributed by atoms with Gasteiger partial charge in [0, 0.05) is 23.9 Å². The molecule has 3 aromatic carbocycles. The number of nitro benzene ring substituents is 1. The van der Waals surface area contributed by atoms with Gasteiger partial charge in [-0.15, -0.1) is 0 Å². The van der Waals surface area contributed by atoms with Gasteiger partial charge in [-0.2, -0.15) is 0 Å². The van der Waals surface area contributed by atoms with Gasteiger partial charge in [0.25, 0.3) is 5.69 Å². The molecule has 0 N–H and O–H groups in total. The molecule has 0 spiro atoms. The van der Waals surface area contributed by atoms with Gasteiger partial charge in [-0.05, 0) is 47.5 Å². The number of ketones is 1. The third-order valence-corrected chi connectivity index (χ3v) is 7.72. The van der Waals surface area contributed by atoms with Crippen molar-refractivity contribution in [1.82, 2.24) is 4.90 Å². The maximum absolute atomic E-state index is 14.1. The Labute approximate surface area is 223 Å². The highest BCUT2D eigenvalue weighted by molar-refractivity contribution is 6.25. The molecule has 0 radical (unpaired) electrons. The normalized spacial score (nSPS) is 22.8. The summed E-state index contributed by atoms with van der Waals surface area (Å²) in [5.74, 6) is -2.63. The van der Waals surface area contributed by atoms with E-state index in [1.54, 1.807) is 30.5 Å². The summed E-state index contributed by atoms with van der Waals surface area (Å²) < 4.78 is 10.6. The lowest BCUT2D eigenvalue weighted by atomic mass is 9.83. The molecule has 0 bridgehead atoms. The Morgan fingerprint density at radius 2 is 1.64 bits per heavy atom. The summed E-state index contributed by atoms with van der Waals surface area (Å²) in [6, 6.07) is 16.4. The number of Topliss-reactive ketones (excluding diaryl/α,β-unsaturated/α-hetero) is 1. The van der Waals surface area contributed by atoms with Crippen LogP contribution in [0.15, 0.2) is 72.9 Å². The van der Waals surface area contributed by atoms with Crippen LogP contribution in [0, 0.1) is 22.0 Å². The molecule has 4 atom stereocenters. The number of nitro groups is 1. The number of carbonyl (C=O) groups is 3. The number of nitrogens with zero attached hydrogens (tertiary/aromatic N) is 3. The van der Waals surface area contributed by atoms with Crippen LogP contribution in [0.1, 0.15) is 27.5 Å². The molecule has 2 amide bonds. The van der Waals surface area contributed by atoms with Crippen molar-refractivity contribution < 1.29 is 28.8 Å². The molecule has 3 aromatic rings. The smallest absolute Gasteiger partial charge is 0.271 e. The van der Waals surface area contributed by atoms with Crippen LogP contribution in [0.5, 0.6) is 11.5 Å². The van der Waals surface area contributed by atoms with Gasteiger partial charge in [0.2, 0.25) is 11.8 Å². The summed E-state index contributed by atoms with van der Waals surface area (Å²) in [6.07, 6.45) is 3.65. The lowest BCUT2D eigenvalue weighted by Gasteiger charge is -2.35. The van der Waals surface area contributed by atoms with Crippen molar-refractivity contribution in [3.05, 3.63) is 99.7 Å². The van der Waals surface area contributed by atoms with E-state index in [-0.39, 0.29) is 22.9 Å². The second-order valence-corrected chi connectivity index (χ2v) is 9.55. The number of rotatable bonds is 6. The first-order chi connectivity index (χ1) is 18.8. The van der Waals surface area contributed by atoms with E-state index in [4.69, 9.17) is 9.47 Å². The molecule has 3 heterocycles. The molecule has 39 heavy (non-hydrogen) atoms. The molecule has 2 saturated heterocycles. The monoisotopic (exact) mass is 525 g/mol. The zero-order valence-electron chi connectivity index (χ0n) is 21.0. The topological polar surface area (TPSA) is 119 Å². The van der Waals surface area contributed by atoms with Crippen LogP contribution in [0.3, 0.4) is 0 Å². The maximum atomic E-state index is 14.1. The van der Waals surface area contributed by atoms with E-state index < -0.39 is 40.7 Å². The highest BCUT2D eigenvalue weighted by atomic mass is 16.6. The standard InChI is InChI=1S/C29H23N3O7/c1-38-19-10-7-17(8-11-19)27(33)26-24-23(25-20-6-4-3-5-16(20)13-14-30(25)26)28(34)31(29(24)35)21-15-18(32(36)37)9-12-22(21)39-2/h3-15,23-26H,1-2H3/t23-,24-,25+,26-/m0/s1. The largest absolute Gasteiger partial charge is 0.497 e. The van der Waals surface area contributed by atoms with Crippen molar-refractivity contribution >= 4 is 35.0 Å². The number of non-ortho nitro benzene ring substituents is 1. The van der Waals surface area contributed by atoms with Crippen LogP contribution < -0.4 is 14.4 Å². The van der Waals surface area contributed by atoms with Crippen molar-refractivity contribution in [3.8, 4) is 11.5 Å². The predicted molar refractivity (Wildman–Crippen MR) is 140 cm³/mol. The first-order valence-electron chi connectivity index (χ1n) is 12.3. The SMILES string of the molecule is COc1ccc(C(=O)[C@@H]2[C@H]3C(=O)N(c4cc([N+](=O)[O-])ccc4OC)C(=O)[C@@H]3[C@H]3c4ccccc4C=CN23)cc1. The van der Waals surface area contributed by atoms with E-state index in [0.717, 1.165) is 22.1 Å². The zero-order chi connectivity index (χ0) is 27.4. The van der Waals surface area contributed by atoms with Gasteiger partial charge in [0.15, 0.2) is 5.78 Å². The van der Waals surface area contributed by atoms with E-state index in [9.17, 15) is 24.5 Å². The van der Waals surface area contributed by atoms with Crippen molar-refractivity contribution in [1.29, 1.82) is 0 Å². The maximum Gasteiger partial charge on any atom is 0.271 e. The Kier molecular flexibility index (Phi) is 5.67. The number of fused-ring (bicyclic) bond motifs is 5. The zero-order valence-corrected chi connectivity index (χ0v) is 21.0. The third-order valence-electron chi connectivity index (χ3n) is 7.72. The van der Waals surface area contributed by atoms with Gasteiger partial charge in [-0.25, -0.2) is 4.90 Å². The number of methoxy groups -OCH3 is 2. The number of ether oxygens (including phenoxy) is 2. The Morgan fingerprint density at radius 1 is 0.923 bits per heavy atom. The summed E-state index contributed by atoms with van der Waals surface area (Å²) >= 11 is 0. The summed E-state index contributed by atoms with van der Waals surface area (Å²) in [5.41, 5.74) is 1.79. The van der Waals surface area contributed by atoms with Crippen molar-refractivity contribution in [2.45, 2.75) is 12.1 Å². The molecule has 6 rings (SSSR count). The van der Waals surface area contributed by atoms with Gasteiger partial charge in [-0.3, -0.25) is 24.5 Å². The van der Waals surface area contributed by atoms with Gasteiger partial charge in [0.05, 0.1) is 37.0 Å². The fourth-order valence-corrected chi connectivity index (χ4v) is 5.99. The highest BCUT2D eigenvalue weighted by Gasteiger charge is 2.64. The third kappa shape index (κ3) is 3.59. The number of imide groups is 1. The predicted octanol–water partition coefficient (Wildman–Crippen LogP) is 4.01. The average Bonchev–Trinajstić information content (AvgIpc) is 3.44. The first-order valence-corrected chi connectivity index (χ1v) is 12.3. The number of benzene rings is 3. The number of hydrogen-bond donors (Lipinski definition) is 0. The molecule has 10 heteroatoms. The van der Waals surface area contributed by atoms with E-state index in [2.05, 4.69) is 0 Å². The number of amides is 2. The molecular formula is C29H23N3O7. The quantitative estimate of drug-likeness (QED) is 0.205. The van der Waals surface area contributed by atoms with Gasteiger partial charge < -0.3 is 14.4 Å². The van der Waals surface area contributed by atoms with Crippen LogP contribution in [-0.4, -0.2) is 47.7 Å². The van der Waals surface area contributed by atoms with Gasteiger partial charge >= 0.3 is 0 Å². The molecule has 0 aliphatic carbocycles. The summed E-state index contributed by atoms with van der Waals surface area (Å²) in [6.45, 7) is 0. The van der Waals surface area contributed by atoms with Crippen LogP contribution >= 0.6 is 0 Å². The molecule has 0 aromatic heterocycles. The van der Waals surface area contributed by atoms with E-state index in [1.165, 1.54) is 26.4 Å². The molecule has 0 unspecified atom stereocenters. The van der Waals surface area contributed by atoms with Crippen molar-refractivity contribution in [2.75, 3.05) is 19.1 Å². The van der Waals surface area contributed by atoms with Crippen LogP contribution in [0.25, 0.3) is 6.08 Å². The Hall–Kier alpha value is -4.99. The van der Waals surface area contributed by atoms with Crippen LogP contribution in [-0.2, 0) is 9.59 Å². The molecule has 10 nitrogen and oxygen atoms in total. The van der Waals surface area contributed by atoms with E-state index in [1.807, 2.05) is 35.2 Å². The molecule has 196 valence electrons. The van der Waals surface area contributed by atoms with Crippen molar-refractivity contribution in [2.24, 2.45) is 11.8 Å². The second kappa shape index (κ2) is 9.09. The first kappa shape index (κ1) is 24.4. The van der Waals surface area contributed by atoms with Gasteiger partial charge in [0.1, 0.15) is 23.2 Å². The van der Waals surface area contributed by atoms with Crippen LogP contribution in [0.2, 0.25) is 0 Å². The lowest BCUT2D eigenvalue weighted by Crippen LogP contribution is -2.44. The Balaban J connectivity index is 1.50. The van der Waals surface area contributed by atoms with Crippen molar-refractivity contribution in [3.63, 3.8) is 0 Å². The Morgan fingerprint density at radius 3 is 2.33 bits per heavy atom. The summed E-state index contributed by atoms with van der Waals surface area (Å²) in [5, 5.41) is 11.5. The molecule has 3 aliphatic rings. The van der Waals surface area contributed by atoms with Crippen LogP contribution in [0.4, 0.5) is 11.4 Å². The van der Waals surface area contributed by atoms with E-state index >= 15 is 0 Å². The van der Waals surface area contributed by atoms with Gasteiger partial charge in [-0.1, -0.05) is 24.3 Å². The molecule has 0 saturated carbocycles. The minimum absolute atomic E-state index is 0.0158. The summed E-state index contributed by atoms with van der Waals surface area (Å²) in [7, 11) is 2.88. The lowest BCUT2D eigenvalue weighted by molar-refractivity contribution is -0.384. The minimum Gasteiger partial charge on any atom is -0.497 e. The fourth-order valence-electron chi connectivity index (χ4n) is 5.99. The number of anilines is 1. The number of hydrogen-bond acceptors (Lipinski definition) is 8. The average molecular weight is 526 g/mol. The fraction of sp³-hybridized carbons (Fsp3) is 0.207. The highest BCUT2D eigenvalue weighted by Crippen LogP contribution is 2.54. The molecule has 2 fully saturated rings.